The van der Waals surface area contributed by atoms with Crippen LogP contribution in [0.1, 0.15) is 12.5 Å². The zero-order valence-corrected chi connectivity index (χ0v) is 11.3. The van der Waals surface area contributed by atoms with Crippen molar-refractivity contribution < 1.29 is 9.18 Å². The van der Waals surface area contributed by atoms with Gasteiger partial charge in [0.05, 0.1) is 4.47 Å². The summed E-state index contributed by atoms with van der Waals surface area (Å²) in [4.78, 5) is 12.0. The quantitative estimate of drug-likeness (QED) is 0.926. The fourth-order valence-electron chi connectivity index (χ4n) is 1.96. The van der Waals surface area contributed by atoms with Gasteiger partial charge in [0.1, 0.15) is 11.6 Å². The normalized spacial score (nSPS) is 17.6. The molecule has 1 N–H and O–H groups in total. The molecule has 0 aromatic heterocycles. The first kappa shape index (κ1) is 12.7. The Kier molecular flexibility index (Phi) is 3.94. The highest BCUT2D eigenvalue weighted by Gasteiger charge is 2.28. The van der Waals surface area contributed by atoms with E-state index in [0.717, 1.165) is 18.7 Å². The van der Waals surface area contributed by atoms with E-state index in [1.54, 1.807) is 12.1 Å². The fourth-order valence-corrected chi connectivity index (χ4v) is 2.37. The smallest absolute Gasteiger partial charge is 0.140 e. The Balaban J connectivity index is 2.04. The largest absolute Gasteiger partial charge is 0.316 e. The summed E-state index contributed by atoms with van der Waals surface area (Å²) in [5.41, 5.74) is 0.731. The molecule has 0 aliphatic carbocycles. The Bertz CT molecular complexity index is 431. The van der Waals surface area contributed by atoms with Gasteiger partial charge in [0.2, 0.25) is 0 Å². The first-order valence-corrected chi connectivity index (χ1v) is 6.55. The minimum absolute atomic E-state index is 0.0476. The summed E-state index contributed by atoms with van der Waals surface area (Å²) in [6.45, 7) is 3.79. The molecule has 17 heavy (non-hydrogen) atoms. The molecule has 1 aliphatic rings. The summed E-state index contributed by atoms with van der Waals surface area (Å²) in [5, 5.41) is 3.16. The molecule has 0 spiro atoms. The van der Waals surface area contributed by atoms with Crippen molar-refractivity contribution in [3.05, 3.63) is 34.1 Å². The van der Waals surface area contributed by atoms with E-state index in [9.17, 15) is 9.18 Å². The van der Waals surface area contributed by atoms with Crippen LogP contribution in [0.5, 0.6) is 0 Å². The summed E-state index contributed by atoms with van der Waals surface area (Å²) in [6.07, 6.45) is 0.302. The number of rotatable bonds is 4. The topological polar surface area (TPSA) is 29.1 Å². The average molecular weight is 300 g/mol. The Morgan fingerprint density at radius 3 is 2.88 bits per heavy atom. The molecule has 1 saturated heterocycles. The lowest BCUT2D eigenvalue weighted by molar-refractivity contribution is -0.123. The molecule has 0 saturated carbocycles. The number of Topliss-reactive ketones (excluding diaryl/α,β-unsaturated/α-hetero) is 1. The molecule has 1 aromatic carbocycles. The van der Waals surface area contributed by atoms with Crippen LogP contribution >= 0.6 is 15.9 Å². The van der Waals surface area contributed by atoms with Crippen molar-refractivity contribution >= 4 is 21.7 Å². The highest BCUT2D eigenvalue weighted by atomic mass is 79.9. The Hall–Kier alpha value is -0.740. The van der Waals surface area contributed by atoms with Gasteiger partial charge in [-0.1, -0.05) is 19.1 Å². The first-order valence-electron chi connectivity index (χ1n) is 5.76. The molecule has 1 heterocycles. The summed E-state index contributed by atoms with van der Waals surface area (Å²) >= 11 is 3.19. The molecule has 92 valence electrons. The van der Waals surface area contributed by atoms with Crippen LogP contribution in [-0.4, -0.2) is 18.9 Å². The lowest BCUT2D eigenvalue weighted by Crippen LogP contribution is -2.47. The Morgan fingerprint density at radius 2 is 2.29 bits per heavy atom. The highest BCUT2D eigenvalue weighted by Crippen LogP contribution is 2.24. The van der Waals surface area contributed by atoms with Crippen LogP contribution in [0.15, 0.2) is 22.7 Å². The van der Waals surface area contributed by atoms with Crippen molar-refractivity contribution in [1.29, 1.82) is 0 Å². The monoisotopic (exact) mass is 299 g/mol. The van der Waals surface area contributed by atoms with Gasteiger partial charge in [0.25, 0.3) is 0 Å². The van der Waals surface area contributed by atoms with E-state index < -0.39 is 0 Å². The van der Waals surface area contributed by atoms with Crippen molar-refractivity contribution in [1.82, 2.24) is 5.32 Å². The van der Waals surface area contributed by atoms with Gasteiger partial charge in [0, 0.05) is 12.3 Å². The number of carbonyl (C=O) groups excluding carboxylic acids is 1. The molecule has 1 fully saturated rings. The van der Waals surface area contributed by atoms with Crippen molar-refractivity contribution in [2.75, 3.05) is 13.1 Å². The Labute approximate surface area is 109 Å². The molecule has 0 amide bonds. The van der Waals surface area contributed by atoms with Gasteiger partial charge in [-0.05, 0) is 46.6 Å². The second-order valence-corrected chi connectivity index (χ2v) is 5.36. The molecule has 2 nitrogen and oxygen atoms in total. The summed E-state index contributed by atoms with van der Waals surface area (Å²) in [6, 6.07) is 4.81. The fraction of sp³-hybridized carbons (Fsp3) is 0.462. The van der Waals surface area contributed by atoms with E-state index in [1.165, 1.54) is 6.07 Å². The third-order valence-corrected chi connectivity index (χ3v) is 4.31. The molecule has 0 radical (unpaired) electrons. The number of halogens is 2. The van der Waals surface area contributed by atoms with Crippen LogP contribution in [0.2, 0.25) is 0 Å². The molecule has 1 aliphatic heterocycles. The van der Waals surface area contributed by atoms with Gasteiger partial charge in [-0.2, -0.15) is 0 Å². The average Bonchev–Trinajstić information content (AvgIpc) is 2.22. The van der Waals surface area contributed by atoms with Gasteiger partial charge >= 0.3 is 0 Å². The van der Waals surface area contributed by atoms with E-state index in [-0.39, 0.29) is 17.5 Å². The van der Waals surface area contributed by atoms with Crippen LogP contribution < -0.4 is 5.32 Å². The zero-order valence-electron chi connectivity index (χ0n) is 9.67. The van der Waals surface area contributed by atoms with Crippen molar-refractivity contribution in [3.63, 3.8) is 0 Å². The predicted molar refractivity (Wildman–Crippen MR) is 68.3 cm³/mol. The van der Waals surface area contributed by atoms with Crippen LogP contribution in [0.3, 0.4) is 0 Å². The summed E-state index contributed by atoms with van der Waals surface area (Å²) < 4.78 is 13.7. The van der Waals surface area contributed by atoms with E-state index in [1.807, 2.05) is 6.92 Å². The third kappa shape index (κ3) is 2.75. The number of nitrogens with one attached hydrogen (secondary N) is 1. The van der Waals surface area contributed by atoms with Gasteiger partial charge in [0.15, 0.2) is 0 Å². The molecular weight excluding hydrogens is 285 g/mol. The van der Waals surface area contributed by atoms with Crippen LogP contribution in [0, 0.1) is 17.7 Å². The van der Waals surface area contributed by atoms with E-state index in [0.29, 0.717) is 16.8 Å². The van der Waals surface area contributed by atoms with Crippen molar-refractivity contribution in [2.45, 2.75) is 13.3 Å². The van der Waals surface area contributed by atoms with Gasteiger partial charge in [-0.15, -0.1) is 0 Å². The maximum absolute atomic E-state index is 13.3. The summed E-state index contributed by atoms with van der Waals surface area (Å²) in [5.74, 6) is 0.359. The lowest BCUT2D eigenvalue weighted by Gasteiger charge is -2.31. The predicted octanol–water partition coefficient (Wildman–Crippen LogP) is 2.56. The standard InChI is InChI=1S/C13H15BrFNO/c1-8(10-6-16-7-10)12(17)5-9-3-2-4-11(15)13(9)14/h2-4,8,10,16H,5-7H2,1H3. The van der Waals surface area contributed by atoms with Crippen molar-refractivity contribution in [3.8, 4) is 0 Å². The number of hydrogen-bond donors (Lipinski definition) is 1. The number of benzene rings is 1. The number of hydrogen-bond acceptors (Lipinski definition) is 2. The first-order chi connectivity index (χ1) is 8.09. The van der Waals surface area contributed by atoms with Gasteiger partial charge in [-0.3, -0.25) is 4.79 Å². The SMILES string of the molecule is CC(C(=O)Cc1cccc(F)c1Br)C1CNC1. The lowest BCUT2D eigenvalue weighted by atomic mass is 9.84. The molecule has 1 atom stereocenters. The molecule has 2 rings (SSSR count). The Morgan fingerprint density at radius 1 is 1.59 bits per heavy atom. The minimum Gasteiger partial charge on any atom is -0.316 e. The van der Waals surface area contributed by atoms with Crippen LogP contribution in [0.25, 0.3) is 0 Å². The van der Waals surface area contributed by atoms with Crippen molar-refractivity contribution in [2.24, 2.45) is 11.8 Å². The van der Waals surface area contributed by atoms with Gasteiger partial charge in [-0.25, -0.2) is 4.39 Å². The molecule has 1 unspecified atom stereocenters. The maximum atomic E-state index is 13.3. The number of ketones is 1. The summed E-state index contributed by atoms with van der Waals surface area (Å²) in [7, 11) is 0. The zero-order chi connectivity index (χ0) is 12.4. The maximum Gasteiger partial charge on any atom is 0.140 e. The molecule has 1 aromatic rings. The van der Waals surface area contributed by atoms with Crippen LogP contribution in [-0.2, 0) is 11.2 Å². The van der Waals surface area contributed by atoms with Gasteiger partial charge < -0.3 is 5.32 Å². The molecular formula is C13H15BrFNO. The second kappa shape index (κ2) is 5.27. The minimum atomic E-state index is -0.312. The molecule has 0 bridgehead atoms. The van der Waals surface area contributed by atoms with E-state index >= 15 is 0 Å². The highest BCUT2D eigenvalue weighted by molar-refractivity contribution is 9.10. The molecule has 4 heteroatoms. The second-order valence-electron chi connectivity index (χ2n) is 4.56. The van der Waals surface area contributed by atoms with E-state index in [2.05, 4.69) is 21.2 Å². The number of carbonyl (C=O) groups is 1. The van der Waals surface area contributed by atoms with Crippen LogP contribution in [0.4, 0.5) is 4.39 Å². The van der Waals surface area contributed by atoms with E-state index in [4.69, 9.17) is 0 Å². The third-order valence-electron chi connectivity index (χ3n) is 3.42.